The molecule has 1 aliphatic rings. The molecule has 1 amide bonds. The number of nitrogens with zero attached hydrogens (tertiary/aromatic N) is 1. The number of carbonyl (C=O) groups is 2. The number of hydrogen-bond acceptors (Lipinski definition) is 4. The van der Waals surface area contributed by atoms with Crippen LogP contribution in [0.1, 0.15) is 15.9 Å². The van der Waals surface area contributed by atoms with Gasteiger partial charge in [-0.15, -0.1) is 0 Å². The van der Waals surface area contributed by atoms with E-state index in [9.17, 15) is 9.59 Å². The quantitative estimate of drug-likeness (QED) is 0.874. The zero-order valence-electron chi connectivity index (χ0n) is 13.8. The molecule has 0 aliphatic carbocycles. The molecule has 6 heteroatoms. The largest absolute Gasteiger partial charge is 0.481 e. The van der Waals surface area contributed by atoms with E-state index in [-0.39, 0.29) is 12.3 Å². The van der Waals surface area contributed by atoms with Gasteiger partial charge in [-0.25, -0.2) is 0 Å². The number of aliphatic carboxylic acids is 1. The van der Waals surface area contributed by atoms with Gasteiger partial charge in [0.05, 0.1) is 19.6 Å². The van der Waals surface area contributed by atoms with E-state index in [1.54, 1.807) is 36.4 Å². The molecule has 6 nitrogen and oxygen atoms in total. The highest BCUT2D eigenvalue weighted by Gasteiger charge is 2.12. The number of ether oxygens (including phenoxy) is 1. The molecule has 0 bridgehead atoms. The molecule has 0 unspecified atom stereocenters. The summed E-state index contributed by atoms with van der Waals surface area (Å²) in [5.41, 5.74) is 2.86. The van der Waals surface area contributed by atoms with Gasteiger partial charge in [0.15, 0.2) is 0 Å². The minimum atomic E-state index is -0.901. The summed E-state index contributed by atoms with van der Waals surface area (Å²) in [6.07, 6.45) is -0.0715. The van der Waals surface area contributed by atoms with Crippen LogP contribution in [-0.4, -0.2) is 43.3 Å². The summed E-state index contributed by atoms with van der Waals surface area (Å²) in [5, 5.41) is 11.7. The van der Waals surface area contributed by atoms with Crippen LogP contribution in [-0.2, 0) is 16.0 Å². The Hall–Kier alpha value is -2.86. The van der Waals surface area contributed by atoms with E-state index < -0.39 is 5.97 Å². The Kier molecular flexibility index (Phi) is 5.30. The molecule has 1 fully saturated rings. The summed E-state index contributed by atoms with van der Waals surface area (Å²) in [6.45, 7) is 3.13. The van der Waals surface area contributed by atoms with Crippen LogP contribution in [0.25, 0.3) is 0 Å². The molecule has 0 atom stereocenters. The van der Waals surface area contributed by atoms with Crippen molar-refractivity contribution in [3.8, 4) is 0 Å². The summed E-state index contributed by atoms with van der Waals surface area (Å²) in [5.74, 6) is -1.12. The second-order valence-electron chi connectivity index (χ2n) is 5.87. The van der Waals surface area contributed by atoms with Gasteiger partial charge >= 0.3 is 5.97 Å². The van der Waals surface area contributed by atoms with Crippen LogP contribution in [0.3, 0.4) is 0 Å². The lowest BCUT2D eigenvalue weighted by Gasteiger charge is -2.28. The van der Waals surface area contributed by atoms with Crippen molar-refractivity contribution in [1.29, 1.82) is 0 Å². The van der Waals surface area contributed by atoms with Gasteiger partial charge in [-0.05, 0) is 42.0 Å². The van der Waals surface area contributed by atoms with Crippen LogP contribution in [0.2, 0.25) is 0 Å². The molecule has 0 saturated carbocycles. The number of carboxylic acid groups (broad SMARTS) is 1. The number of hydrogen-bond donors (Lipinski definition) is 2. The minimum absolute atomic E-state index is 0.0715. The zero-order chi connectivity index (χ0) is 17.6. The Bertz CT molecular complexity index is 752. The Morgan fingerprint density at radius 2 is 1.80 bits per heavy atom. The third kappa shape index (κ3) is 4.58. The molecular weight excluding hydrogens is 320 g/mol. The second-order valence-corrected chi connectivity index (χ2v) is 5.87. The first-order chi connectivity index (χ1) is 12.1. The average molecular weight is 340 g/mol. The lowest BCUT2D eigenvalue weighted by molar-refractivity contribution is -0.136. The smallest absolute Gasteiger partial charge is 0.307 e. The third-order valence-electron chi connectivity index (χ3n) is 4.05. The molecule has 25 heavy (non-hydrogen) atoms. The van der Waals surface area contributed by atoms with Crippen LogP contribution in [0.5, 0.6) is 0 Å². The van der Waals surface area contributed by atoms with Gasteiger partial charge in [0.25, 0.3) is 5.91 Å². The zero-order valence-corrected chi connectivity index (χ0v) is 13.8. The number of carboxylic acids is 1. The van der Waals surface area contributed by atoms with E-state index in [0.29, 0.717) is 16.8 Å². The molecule has 1 aliphatic heterocycles. The molecule has 2 aromatic rings. The molecule has 0 aromatic heterocycles. The molecule has 3 rings (SSSR count). The van der Waals surface area contributed by atoms with Gasteiger partial charge in [0.1, 0.15) is 0 Å². The van der Waals surface area contributed by atoms with Crippen molar-refractivity contribution in [2.45, 2.75) is 6.42 Å². The van der Waals surface area contributed by atoms with E-state index in [2.05, 4.69) is 10.2 Å². The Labute approximate surface area is 146 Å². The first-order valence-electron chi connectivity index (χ1n) is 8.17. The molecule has 1 saturated heterocycles. The number of rotatable bonds is 5. The highest BCUT2D eigenvalue weighted by atomic mass is 16.5. The van der Waals surface area contributed by atoms with Crippen molar-refractivity contribution in [3.05, 3.63) is 59.7 Å². The van der Waals surface area contributed by atoms with E-state index >= 15 is 0 Å². The van der Waals surface area contributed by atoms with E-state index in [1.807, 2.05) is 12.1 Å². The number of amides is 1. The molecule has 2 aromatic carbocycles. The van der Waals surface area contributed by atoms with Gasteiger partial charge in [0.2, 0.25) is 0 Å². The van der Waals surface area contributed by atoms with E-state index in [4.69, 9.17) is 9.84 Å². The highest BCUT2D eigenvalue weighted by molar-refractivity contribution is 6.04. The fourth-order valence-corrected chi connectivity index (χ4v) is 2.78. The predicted octanol–water partition coefficient (Wildman–Crippen LogP) is 2.40. The maximum atomic E-state index is 12.4. The molecular formula is C19H20N2O4. The number of carbonyl (C=O) groups excluding carboxylic acids is 1. The van der Waals surface area contributed by atoms with Crippen LogP contribution < -0.4 is 10.2 Å². The second kappa shape index (κ2) is 7.81. The summed E-state index contributed by atoms with van der Waals surface area (Å²) >= 11 is 0. The molecule has 2 N–H and O–H groups in total. The van der Waals surface area contributed by atoms with Crippen molar-refractivity contribution in [2.24, 2.45) is 0 Å². The van der Waals surface area contributed by atoms with Gasteiger partial charge in [-0.1, -0.05) is 12.1 Å². The Morgan fingerprint density at radius 1 is 1.08 bits per heavy atom. The normalized spacial score (nSPS) is 14.2. The number of nitrogens with one attached hydrogen (secondary N) is 1. The minimum Gasteiger partial charge on any atom is -0.481 e. The van der Waals surface area contributed by atoms with Crippen LogP contribution in [0.15, 0.2) is 48.5 Å². The van der Waals surface area contributed by atoms with E-state index in [0.717, 1.165) is 32.0 Å². The number of morpholine rings is 1. The average Bonchev–Trinajstić information content (AvgIpc) is 2.62. The predicted molar refractivity (Wildman–Crippen MR) is 95.2 cm³/mol. The first kappa shape index (κ1) is 17.0. The molecule has 0 radical (unpaired) electrons. The summed E-state index contributed by atoms with van der Waals surface area (Å²) in [7, 11) is 0. The van der Waals surface area contributed by atoms with Gasteiger partial charge in [-0.2, -0.15) is 0 Å². The topological polar surface area (TPSA) is 78.9 Å². The van der Waals surface area contributed by atoms with Gasteiger partial charge in [0, 0.05) is 30.0 Å². The summed E-state index contributed by atoms with van der Waals surface area (Å²) in [4.78, 5) is 25.4. The summed E-state index contributed by atoms with van der Waals surface area (Å²) < 4.78 is 5.34. The molecule has 0 spiro atoms. The van der Waals surface area contributed by atoms with E-state index in [1.165, 1.54) is 0 Å². The lowest BCUT2D eigenvalue weighted by Crippen LogP contribution is -2.36. The molecule has 1 heterocycles. The standard InChI is InChI=1S/C19H20N2O4/c22-18(23)13-14-2-1-3-16(12-14)20-19(24)15-4-6-17(7-5-15)21-8-10-25-11-9-21/h1-7,12H,8-11,13H2,(H,20,24)(H,22,23). The van der Waals surface area contributed by atoms with Gasteiger partial charge in [-0.3, -0.25) is 9.59 Å². The van der Waals surface area contributed by atoms with Crippen molar-refractivity contribution >= 4 is 23.3 Å². The van der Waals surface area contributed by atoms with Crippen LogP contribution in [0.4, 0.5) is 11.4 Å². The van der Waals surface area contributed by atoms with Crippen molar-refractivity contribution < 1.29 is 19.4 Å². The number of anilines is 2. The maximum Gasteiger partial charge on any atom is 0.307 e. The van der Waals surface area contributed by atoms with Crippen molar-refractivity contribution in [1.82, 2.24) is 0 Å². The monoisotopic (exact) mass is 340 g/mol. The maximum absolute atomic E-state index is 12.4. The van der Waals surface area contributed by atoms with Crippen molar-refractivity contribution in [2.75, 3.05) is 36.5 Å². The first-order valence-corrected chi connectivity index (χ1v) is 8.17. The van der Waals surface area contributed by atoms with Crippen molar-refractivity contribution in [3.63, 3.8) is 0 Å². The summed E-state index contributed by atoms with van der Waals surface area (Å²) in [6, 6.07) is 14.3. The number of benzene rings is 2. The Balaban J connectivity index is 1.65. The highest BCUT2D eigenvalue weighted by Crippen LogP contribution is 2.18. The molecule has 130 valence electrons. The van der Waals surface area contributed by atoms with Crippen LogP contribution in [0, 0.1) is 0 Å². The lowest BCUT2D eigenvalue weighted by atomic mass is 10.1. The third-order valence-corrected chi connectivity index (χ3v) is 4.05. The van der Waals surface area contributed by atoms with Gasteiger partial charge < -0.3 is 20.1 Å². The fraction of sp³-hybridized carbons (Fsp3) is 0.263. The SMILES string of the molecule is O=C(O)Cc1cccc(NC(=O)c2ccc(N3CCOCC3)cc2)c1. The van der Waals surface area contributed by atoms with Crippen LogP contribution >= 0.6 is 0 Å². The Morgan fingerprint density at radius 3 is 2.48 bits per heavy atom. The fourth-order valence-electron chi connectivity index (χ4n) is 2.78.